The van der Waals surface area contributed by atoms with Crippen molar-refractivity contribution < 1.29 is 4.79 Å². The van der Waals surface area contributed by atoms with Gasteiger partial charge in [-0.25, -0.2) is 0 Å². The molecule has 2 aliphatic rings. The van der Waals surface area contributed by atoms with Gasteiger partial charge < -0.3 is 10.3 Å². The number of rotatable bonds is 5. The van der Waals surface area contributed by atoms with E-state index in [2.05, 4.69) is 70.2 Å². The van der Waals surface area contributed by atoms with Crippen LogP contribution in [0.3, 0.4) is 0 Å². The zero-order chi connectivity index (χ0) is 19.3. The van der Waals surface area contributed by atoms with Crippen molar-refractivity contribution in [2.45, 2.75) is 25.9 Å². The number of hydrazine groups is 1. The van der Waals surface area contributed by atoms with Gasteiger partial charge in [0.2, 0.25) is 0 Å². The molecular weight excluding hydrogens is 348 g/mol. The van der Waals surface area contributed by atoms with Crippen LogP contribution in [0.5, 0.6) is 0 Å². The number of hydrogen-bond acceptors (Lipinski definition) is 4. The number of nitrogens with one attached hydrogen (secondary N) is 2. The van der Waals surface area contributed by atoms with Crippen molar-refractivity contribution >= 4 is 5.91 Å². The molecule has 2 aromatic rings. The molecule has 4 rings (SSSR count). The van der Waals surface area contributed by atoms with Gasteiger partial charge in [0.1, 0.15) is 0 Å². The van der Waals surface area contributed by atoms with Crippen molar-refractivity contribution in [1.82, 2.24) is 20.7 Å². The van der Waals surface area contributed by atoms with Gasteiger partial charge in [-0.2, -0.15) is 0 Å². The molecule has 0 spiro atoms. The number of likely N-dealkylation sites (N-methyl/N-ethyl adjacent to an activating group) is 1. The van der Waals surface area contributed by atoms with E-state index in [4.69, 9.17) is 0 Å². The van der Waals surface area contributed by atoms with Crippen molar-refractivity contribution in [3.8, 4) is 0 Å². The van der Waals surface area contributed by atoms with E-state index in [1.54, 1.807) is 0 Å². The van der Waals surface area contributed by atoms with Crippen molar-refractivity contribution in [3.05, 3.63) is 82.6 Å². The Hall–Kier alpha value is -2.63. The molecule has 2 N–H and O–H groups in total. The predicted octanol–water partition coefficient (Wildman–Crippen LogP) is 2.70. The summed E-state index contributed by atoms with van der Waals surface area (Å²) in [6.45, 7) is 4.90. The first kappa shape index (κ1) is 18.7. The second-order valence-electron chi connectivity index (χ2n) is 7.75. The highest BCUT2D eigenvalue weighted by molar-refractivity contribution is 5.93. The third kappa shape index (κ3) is 4.61. The molecule has 1 amide bonds. The van der Waals surface area contributed by atoms with Gasteiger partial charge in [0, 0.05) is 50.4 Å². The Labute approximate surface area is 167 Å². The summed E-state index contributed by atoms with van der Waals surface area (Å²) in [4.78, 5) is 17.1. The average molecular weight is 377 g/mol. The molecule has 28 heavy (non-hydrogen) atoms. The lowest BCUT2D eigenvalue weighted by Gasteiger charge is -2.28. The Bertz CT molecular complexity index is 859. The van der Waals surface area contributed by atoms with Crippen LogP contribution in [0.4, 0.5) is 0 Å². The normalized spacial score (nSPS) is 17.5. The summed E-state index contributed by atoms with van der Waals surface area (Å²) in [5, 5.41) is 0. The molecule has 0 saturated carbocycles. The summed E-state index contributed by atoms with van der Waals surface area (Å²) in [6.07, 6.45) is 4.15. The lowest BCUT2D eigenvalue weighted by atomic mass is 9.99. The van der Waals surface area contributed by atoms with Crippen molar-refractivity contribution in [2.75, 3.05) is 26.7 Å². The molecule has 5 heteroatoms. The topological polar surface area (TPSA) is 47.6 Å². The third-order valence-corrected chi connectivity index (χ3v) is 5.58. The maximum Gasteiger partial charge on any atom is 0.269 e. The van der Waals surface area contributed by atoms with Gasteiger partial charge in [0.25, 0.3) is 5.91 Å². The molecule has 0 aliphatic carbocycles. The van der Waals surface area contributed by atoms with Gasteiger partial charge in [0.05, 0.1) is 0 Å². The predicted molar refractivity (Wildman–Crippen MR) is 112 cm³/mol. The molecule has 2 aromatic carbocycles. The molecule has 5 nitrogen and oxygen atoms in total. The molecule has 0 unspecified atom stereocenters. The molecule has 2 heterocycles. The van der Waals surface area contributed by atoms with E-state index < -0.39 is 0 Å². The number of benzene rings is 2. The third-order valence-electron chi connectivity index (χ3n) is 5.58. The number of hydrogen-bond donors (Lipinski definition) is 2. The zero-order valence-electron chi connectivity index (χ0n) is 16.4. The van der Waals surface area contributed by atoms with Crippen LogP contribution in [-0.2, 0) is 19.5 Å². The molecule has 146 valence electrons. The van der Waals surface area contributed by atoms with Crippen LogP contribution >= 0.6 is 0 Å². The molecule has 0 fully saturated rings. The minimum atomic E-state index is -0.0988. The standard InChI is InChI=1S/C23H28N4O/c1-26-13-11-22(12-14-26)24-25-23(28)20-8-6-18(7-9-20)16-27-15-10-19-4-2-3-5-21(19)17-27/h2-9,11,24H,10,12-17H2,1H3,(H,25,28). The van der Waals surface area contributed by atoms with E-state index in [9.17, 15) is 4.79 Å². The lowest BCUT2D eigenvalue weighted by molar-refractivity contribution is 0.0937. The molecule has 0 atom stereocenters. The number of fused-ring (bicyclic) bond motifs is 1. The monoisotopic (exact) mass is 376 g/mol. The average Bonchev–Trinajstić information content (AvgIpc) is 2.73. The summed E-state index contributed by atoms with van der Waals surface area (Å²) in [5.41, 5.74) is 11.8. The van der Waals surface area contributed by atoms with E-state index in [-0.39, 0.29) is 5.91 Å². The Balaban J connectivity index is 1.29. The van der Waals surface area contributed by atoms with E-state index in [0.717, 1.165) is 51.3 Å². The number of carbonyl (C=O) groups is 1. The summed E-state index contributed by atoms with van der Waals surface area (Å²) in [5.74, 6) is -0.0988. The fourth-order valence-electron chi connectivity index (χ4n) is 3.80. The van der Waals surface area contributed by atoms with Gasteiger partial charge in [-0.15, -0.1) is 0 Å². The largest absolute Gasteiger partial charge is 0.303 e. The van der Waals surface area contributed by atoms with Crippen LogP contribution in [-0.4, -0.2) is 42.4 Å². The molecule has 0 aromatic heterocycles. The fraction of sp³-hybridized carbons (Fsp3) is 0.348. The Kier molecular flexibility index (Phi) is 5.74. The summed E-state index contributed by atoms with van der Waals surface area (Å²) in [6, 6.07) is 16.6. The van der Waals surface area contributed by atoms with Crippen LogP contribution in [0, 0.1) is 0 Å². The van der Waals surface area contributed by atoms with Gasteiger partial charge >= 0.3 is 0 Å². The lowest BCUT2D eigenvalue weighted by Crippen LogP contribution is -2.39. The van der Waals surface area contributed by atoms with Crippen molar-refractivity contribution in [1.29, 1.82) is 0 Å². The van der Waals surface area contributed by atoms with Crippen LogP contribution in [0.2, 0.25) is 0 Å². The first-order valence-corrected chi connectivity index (χ1v) is 9.99. The van der Waals surface area contributed by atoms with Crippen LogP contribution in [0.1, 0.15) is 33.5 Å². The van der Waals surface area contributed by atoms with E-state index in [1.165, 1.54) is 16.7 Å². The Morgan fingerprint density at radius 2 is 1.79 bits per heavy atom. The van der Waals surface area contributed by atoms with Crippen LogP contribution in [0.15, 0.2) is 60.3 Å². The van der Waals surface area contributed by atoms with Gasteiger partial charge in [-0.1, -0.05) is 36.4 Å². The highest BCUT2D eigenvalue weighted by Crippen LogP contribution is 2.20. The highest BCUT2D eigenvalue weighted by Gasteiger charge is 2.16. The second-order valence-corrected chi connectivity index (χ2v) is 7.75. The molecule has 0 radical (unpaired) electrons. The summed E-state index contributed by atoms with van der Waals surface area (Å²) >= 11 is 0. The molecule has 0 saturated heterocycles. The second kappa shape index (κ2) is 8.59. The maximum absolute atomic E-state index is 12.4. The highest BCUT2D eigenvalue weighted by atomic mass is 16.2. The smallest absolute Gasteiger partial charge is 0.269 e. The zero-order valence-corrected chi connectivity index (χ0v) is 16.4. The Morgan fingerprint density at radius 1 is 1.00 bits per heavy atom. The first-order valence-electron chi connectivity index (χ1n) is 9.99. The van der Waals surface area contributed by atoms with E-state index >= 15 is 0 Å². The first-order chi connectivity index (χ1) is 13.7. The quantitative estimate of drug-likeness (QED) is 0.788. The van der Waals surface area contributed by atoms with E-state index in [1.807, 2.05) is 12.1 Å². The number of amides is 1. The number of nitrogens with zero attached hydrogens (tertiary/aromatic N) is 2. The maximum atomic E-state index is 12.4. The van der Waals surface area contributed by atoms with Crippen LogP contribution in [0.25, 0.3) is 0 Å². The minimum absolute atomic E-state index is 0.0988. The van der Waals surface area contributed by atoms with Gasteiger partial charge in [0.15, 0.2) is 0 Å². The fourth-order valence-corrected chi connectivity index (χ4v) is 3.80. The minimum Gasteiger partial charge on any atom is -0.303 e. The Morgan fingerprint density at radius 3 is 2.54 bits per heavy atom. The summed E-state index contributed by atoms with van der Waals surface area (Å²) < 4.78 is 0. The molecular formula is C23H28N4O. The molecule has 2 aliphatic heterocycles. The van der Waals surface area contributed by atoms with Crippen molar-refractivity contribution in [3.63, 3.8) is 0 Å². The van der Waals surface area contributed by atoms with Crippen molar-refractivity contribution in [2.24, 2.45) is 0 Å². The summed E-state index contributed by atoms with van der Waals surface area (Å²) in [7, 11) is 2.09. The van der Waals surface area contributed by atoms with Gasteiger partial charge in [-0.3, -0.25) is 15.1 Å². The van der Waals surface area contributed by atoms with Crippen LogP contribution < -0.4 is 10.9 Å². The SMILES string of the molecule is CN1CC=C(NNC(=O)c2ccc(CN3CCc4ccccc4C3)cc2)CC1. The molecule has 0 bridgehead atoms. The van der Waals surface area contributed by atoms with E-state index in [0.29, 0.717) is 5.56 Å². The van der Waals surface area contributed by atoms with Gasteiger partial charge in [-0.05, 0) is 48.4 Å². The number of carbonyl (C=O) groups excluding carboxylic acids is 1.